The highest BCUT2D eigenvalue weighted by Gasteiger charge is 2.02. The number of nitrogens with zero attached hydrogens (tertiary/aromatic N) is 1. The molecule has 2 aromatic rings. The summed E-state index contributed by atoms with van der Waals surface area (Å²) >= 11 is 0. The first-order valence-electron chi connectivity index (χ1n) is 6.85. The summed E-state index contributed by atoms with van der Waals surface area (Å²) in [6.45, 7) is 1.35. The molecule has 0 radical (unpaired) electrons. The van der Waals surface area contributed by atoms with Gasteiger partial charge in [0.05, 0.1) is 13.0 Å². The summed E-state index contributed by atoms with van der Waals surface area (Å²) in [6, 6.07) is 17.3. The summed E-state index contributed by atoms with van der Waals surface area (Å²) in [5.41, 5.74) is 1.93. The normalized spacial score (nSPS) is 10.1. The van der Waals surface area contributed by atoms with E-state index in [0.29, 0.717) is 6.61 Å². The summed E-state index contributed by atoms with van der Waals surface area (Å²) < 4.78 is 5.67. The highest BCUT2D eigenvalue weighted by Crippen LogP contribution is 2.14. The van der Waals surface area contributed by atoms with Gasteiger partial charge in [-0.15, -0.1) is 0 Å². The zero-order valence-electron chi connectivity index (χ0n) is 12.0. The third kappa shape index (κ3) is 4.84. The lowest BCUT2D eigenvalue weighted by atomic mass is 10.1. The standard InChI is InChI=1S/C17H19NO3/c1-18(15-5-3-2-4-6-15)11-12-21-16-9-7-14(8-10-16)13-17(19)20/h2-10H,11-13H2,1H3,(H,19,20). The number of benzene rings is 2. The summed E-state index contributed by atoms with van der Waals surface area (Å²) in [5, 5.41) is 8.71. The van der Waals surface area contributed by atoms with Gasteiger partial charge in [-0.25, -0.2) is 0 Å². The number of rotatable bonds is 7. The number of hydrogen-bond donors (Lipinski definition) is 1. The first kappa shape index (κ1) is 14.9. The molecule has 0 heterocycles. The molecule has 0 aliphatic heterocycles. The van der Waals surface area contributed by atoms with Gasteiger partial charge in [-0.1, -0.05) is 30.3 Å². The molecule has 0 amide bonds. The van der Waals surface area contributed by atoms with E-state index in [1.807, 2.05) is 25.2 Å². The molecule has 0 spiro atoms. The van der Waals surface area contributed by atoms with E-state index in [4.69, 9.17) is 9.84 Å². The van der Waals surface area contributed by atoms with E-state index < -0.39 is 5.97 Å². The van der Waals surface area contributed by atoms with Crippen LogP contribution in [-0.2, 0) is 11.2 Å². The maximum atomic E-state index is 10.6. The molecule has 110 valence electrons. The van der Waals surface area contributed by atoms with Crippen LogP contribution < -0.4 is 9.64 Å². The fraction of sp³-hybridized carbons (Fsp3) is 0.235. The molecule has 1 N–H and O–H groups in total. The van der Waals surface area contributed by atoms with Crippen molar-refractivity contribution in [1.82, 2.24) is 0 Å². The summed E-state index contributed by atoms with van der Waals surface area (Å²) in [6.07, 6.45) is 0.0387. The van der Waals surface area contributed by atoms with Crippen LogP contribution in [0.15, 0.2) is 54.6 Å². The predicted octanol–water partition coefficient (Wildman–Crippen LogP) is 2.83. The van der Waals surface area contributed by atoms with Crippen LogP contribution in [-0.4, -0.2) is 31.3 Å². The van der Waals surface area contributed by atoms with Gasteiger partial charge in [-0.05, 0) is 29.8 Å². The minimum atomic E-state index is -0.826. The Hall–Kier alpha value is -2.49. The lowest BCUT2D eigenvalue weighted by molar-refractivity contribution is -0.136. The highest BCUT2D eigenvalue weighted by molar-refractivity contribution is 5.70. The van der Waals surface area contributed by atoms with E-state index >= 15 is 0 Å². The van der Waals surface area contributed by atoms with E-state index in [9.17, 15) is 4.79 Å². The van der Waals surface area contributed by atoms with Gasteiger partial charge >= 0.3 is 5.97 Å². The number of anilines is 1. The van der Waals surface area contributed by atoms with E-state index in [1.54, 1.807) is 24.3 Å². The molecule has 0 aliphatic rings. The van der Waals surface area contributed by atoms with Crippen LogP contribution in [0.2, 0.25) is 0 Å². The van der Waals surface area contributed by atoms with E-state index in [2.05, 4.69) is 17.0 Å². The molecule has 2 aromatic carbocycles. The molecular weight excluding hydrogens is 266 g/mol. The molecule has 0 saturated heterocycles. The fourth-order valence-corrected chi connectivity index (χ4v) is 1.99. The van der Waals surface area contributed by atoms with Gasteiger partial charge in [0.25, 0.3) is 0 Å². The van der Waals surface area contributed by atoms with Crippen molar-refractivity contribution in [1.29, 1.82) is 0 Å². The number of carbonyl (C=O) groups is 1. The van der Waals surface area contributed by atoms with Crippen LogP contribution in [0, 0.1) is 0 Å². The van der Waals surface area contributed by atoms with Crippen molar-refractivity contribution in [3.8, 4) is 5.75 Å². The second kappa shape index (κ2) is 7.33. The quantitative estimate of drug-likeness (QED) is 0.850. The Morgan fingerprint density at radius 2 is 1.76 bits per heavy atom. The largest absolute Gasteiger partial charge is 0.492 e. The summed E-state index contributed by atoms with van der Waals surface area (Å²) in [5.74, 6) is -0.0706. The number of carboxylic acid groups (broad SMARTS) is 1. The van der Waals surface area contributed by atoms with E-state index in [0.717, 1.165) is 23.5 Å². The van der Waals surface area contributed by atoms with Gasteiger partial charge in [-0.3, -0.25) is 4.79 Å². The Kier molecular flexibility index (Phi) is 5.21. The molecule has 0 aromatic heterocycles. The van der Waals surface area contributed by atoms with Gasteiger partial charge in [0.15, 0.2) is 0 Å². The molecular formula is C17H19NO3. The maximum Gasteiger partial charge on any atom is 0.307 e. The van der Waals surface area contributed by atoms with Crippen molar-refractivity contribution in [2.24, 2.45) is 0 Å². The molecule has 0 saturated carbocycles. The van der Waals surface area contributed by atoms with Crippen molar-refractivity contribution in [2.45, 2.75) is 6.42 Å². The first-order valence-corrected chi connectivity index (χ1v) is 6.85. The number of aliphatic carboxylic acids is 1. The average Bonchev–Trinajstić information content (AvgIpc) is 2.49. The topological polar surface area (TPSA) is 49.8 Å². The van der Waals surface area contributed by atoms with Crippen molar-refractivity contribution in [3.05, 3.63) is 60.2 Å². The fourth-order valence-electron chi connectivity index (χ4n) is 1.99. The monoisotopic (exact) mass is 285 g/mol. The van der Waals surface area contributed by atoms with Gasteiger partial charge in [0, 0.05) is 12.7 Å². The lowest BCUT2D eigenvalue weighted by Gasteiger charge is -2.19. The van der Waals surface area contributed by atoms with E-state index in [-0.39, 0.29) is 6.42 Å². The van der Waals surface area contributed by atoms with E-state index in [1.165, 1.54) is 0 Å². The van der Waals surface area contributed by atoms with Gasteiger partial charge in [0.1, 0.15) is 12.4 Å². The molecule has 0 fully saturated rings. The van der Waals surface area contributed by atoms with Crippen LogP contribution in [0.5, 0.6) is 5.75 Å². The van der Waals surface area contributed by atoms with Crippen LogP contribution in [0.4, 0.5) is 5.69 Å². The zero-order chi connectivity index (χ0) is 15.1. The molecule has 4 heteroatoms. The van der Waals surface area contributed by atoms with Gasteiger partial charge < -0.3 is 14.7 Å². The van der Waals surface area contributed by atoms with Crippen LogP contribution in [0.1, 0.15) is 5.56 Å². The van der Waals surface area contributed by atoms with Crippen molar-refractivity contribution in [3.63, 3.8) is 0 Å². The van der Waals surface area contributed by atoms with Crippen molar-refractivity contribution < 1.29 is 14.6 Å². The van der Waals surface area contributed by atoms with Crippen molar-refractivity contribution >= 4 is 11.7 Å². The summed E-state index contributed by atoms with van der Waals surface area (Å²) in [7, 11) is 2.02. The molecule has 21 heavy (non-hydrogen) atoms. The highest BCUT2D eigenvalue weighted by atomic mass is 16.5. The van der Waals surface area contributed by atoms with Crippen LogP contribution in [0.25, 0.3) is 0 Å². The minimum absolute atomic E-state index is 0.0387. The molecule has 0 unspecified atom stereocenters. The average molecular weight is 285 g/mol. The molecule has 0 aliphatic carbocycles. The Balaban J connectivity index is 1.79. The number of carboxylic acids is 1. The second-order valence-corrected chi connectivity index (χ2v) is 4.82. The third-order valence-electron chi connectivity index (χ3n) is 3.17. The Labute approximate surface area is 124 Å². The SMILES string of the molecule is CN(CCOc1ccc(CC(=O)O)cc1)c1ccccc1. The van der Waals surface area contributed by atoms with Gasteiger partial charge in [0.2, 0.25) is 0 Å². The van der Waals surface area contributed by atoms with Crippen LogP contribution >= 0.6 is 0 Å². The maximum absolute atomic E-state index is 10.6. The van der Waals surface area contributed by atoms with Gasteiger partial charge in [-0.2, -0.15) is 0 Å². The number of likely N-dealkylation sites (N-methyl/N-ethyl adjacent to an activating group) is 1. The Morgan fingerprint density at radius 3 is 2.38 bits per heavy atom. The lowest BCUT2D eigenvalue weighted by Crippen LogP contribution is -2.23. The third-order valence-corrected chi connectivity index (χ3v) is 3.17. The number of para-hydroxylation sites is 1. The van der Waals surface area contributed by atoms with Crippen molar-refractivity contribution in [2.75, 3.05) is 25.1 Å². The Bertz CT molecular complexity index is 566. The first-order chi connectivity index (χ1) is 10.1. The second-order valence-electron chi connectivity index (χ2n) is 4.82. The Morgan fingerprint density at radius 1 is 1.10 bits per heavy atom. The smallest absolute Gasteiger partial charge is 0.307 e. The number of hydrogen-bond acceptors (Lipinski definition) is 3. The molecule has 4 nitrogen and oxygen atoms in total. The minimum Gasteiger partial charge on any atom is -0.492 e. The summed E-state index contributed by atoms with van der Waals surface area (Å²) in [4.78, 5) is 12.7. The predicted molar refractivity (Wildman–Crippen MR) is 83.0 cm³/mol. The molecule has 0 atom stereocenters. The number of ether oxygens (including phenoxy) is 1. The molecule has 0 bridgehead atoms. The van der Waals surface area contributed by atoms with Crippen LogP contribution in [0.3, 0.4) is 0 Å². The zero-order valence-corrected chi connectivity index (χ0v) is 12.0. The molecule has 2 rings (SSSR count).